The van der Waals surface area contributed by atoms with Crippen LogP contribution < -0.4 is 10.0 Å². The number of nitrogens with one attached hydrogen (secondary N) is 2. The Labute approximate surface area is 201 Å². The molecule has 0 aliphatic heterocycles. The van der Waals surface area contributed by atoms with Crippen LogP contribution in [0.4, 0.5) is 4.39 Å². The summed E-state index contributed by atoms with van der Waals surface area (Å²) in [4.78, 5) is 4.33. The molecule has 0 unspecified atom stereocenters. The van der Waals surface area contributed by atoms with Crippen LogP contribution in [0.25, 0.3) is 11.1 Å². The first kappa shape index (κ1) is 25.4. The number of sulfonamides is 1. The van der Waals surface area contributed by atoms with Gasteiger partial charge in [-0.3, -0.25) is 4.98 Å². The highest BCUT2D eigenvalue weighted by atomic mass is 32.2. The van der Waals surface area contributed by atoms with Crippen molar-refractivity contribution >= 4 is 10.0 Å². The first-order valence-electron chi connectivity index (χ1n) is 11.4. The van der Waals surface area contributed by atoms with E-state index in [2.05, 4.69) is 21.1 Å². The second-order valence-corrected chi connectivity index (χ2v) is 9.91. The number of aromatic nitrogens is 1. The fourth-order valence-corrected chi connectivity index (χ4v) is 5.18. The molecule has 1 aliphatic carbocycles. The van der Waals surface area contributed by atoms with Crippen LogP contribution in [0.15, 0.2) is 78.0 Å². The first-order valence-corrected chi connectivity index (χ1v) is 12.9. The lowest BCUT2D eigenvalue weighted by atomic mass is 10.1. The largest absolute Gasteiger partial charge is 0.342 e. The lowest BCUT2D eigenvalue weighted by Crippen LogP contribution is -2.34. The Morgan fingerprint density at radius 3 is 2.26 bits per heavy atom. The smallest absolute Gasteiger partial charge is 0.240 e. The quantitative estimate of drug-likeness (QED) is 0.288. The highest BCUT2D eigenvalue weighted by Crippen LogP contribution is 2.23. The Kier molecular flexibility index (Phi) is 9.62. The Morgan fingerprint density at radius 1 is 0.941 bits per heavy atom. The molecule has 1 heterocycles. The third-order valence-corrected chi connectivity index (χ3v) is 7.16. The zero-order valence-corrected chi connectivity index (χ0v) is 19.9. The third-order valence-electron chi connectivity index (χ3n) is 5.64. The lowest BCUT2D eigenvalue weighted by Gasteiger charge is -2.16. The highest BCUT2D eigenvalue weighted by Gasteiger charge is 2.21. The third kappa shape index (κ3) is 7.98. The van der Waals surface area contributed by atoms with E-state index >= 15 is 0 Å². The summed E-state index contributed by atoms with van der Waals surface area (Å²) >= 11 is 0. The molecule has 2 N–H and O–H groups in total. The molecule has 7 heteroatoms. The van der Waals surface area contributed by atoms with Crippen LogP contribution >= 0.6 is 0 Å². The Hall–Kier alpha value is -3.21. The molecule has 0 radical (unpaired) electrons. The van der Waals surface area contributed by atoms with Crippen LogP contribution in [0, 0.1) is 18.3 Å². The average Bonchev–Trinajstić information content (AvgIpc) is 3.13. The van der Waals surface area contributed by atoms with E-state index in [1.54, 1.807) is 42.7 Å². The molecule has 1 saturated carbocycles. The first-order chi connectivity index (χ1) is 16.5. The van der Waals surface area contributed by atoms with Crippen LogP contribution in [0.2, 0.25) is 0 Å². The van der Waals surface area contributed by atoms with Gasteiger partial charge in [0.05, 0.1) is 4.90 Å². The monoisotopic (exact) mass is 479 g/mol. The maximum Gasteiger partial charge on any atom is 0.240 e. The SMILES string of the molecule is C#CNCc1ccc(F)cc1.O=S(=O)(NC1CCCCCC1)c1cccc(-c2ccncc2)c1. The summed E-state index contributed by atoms with van der Waals surface area (Å²) in [5, 5.41) is 2.69. The summed E-state index contributed by atoms with van der Waals surface area (Å²) in [7, 11) is -3.47. The van der Waals surface area contributed by atoms with Crippen molar-refractivity contribution in [3.8, 4) is 23.6 Å². The minimum atomic E-state index is -3.47. The fourth-order valence-electron chi connectivity index (χ4n) is 3.83. The molecule has 0 spiro atoms. The molecule has 1 aliphatic rings. The number of terminal acetylenes is 1. The molecule has 2 aromatic carbocycles. The van der Waals surface area contributed by atoms with Gasteiger partial charge in [0, 0.05) is 31.0 Å². The van der Waals surface area contributed by atoms with Crippen molar-refractivity contribution in [3.05, 3.63) is 84.4 Å². The summed E-state index contributed by atoms with van der Waals surface area (Å²) in [5.41, 5.74) is 2.83. The van der Waals surface area contributed by atoms with Crippen molar-refractivity contribution in [2.75, 3.05) is 0 Å². The van der Waals surface area contributed by atoms with Gasteiger partial charge in [-0.1, -0.05) is 56.4 Å². The van der Waals surface area contributed by atoms with Gasteiger partial charge < -0.3 is 5.32 Å². The second kappa shape index (κ2) is 12.9. The normalized spacial score (nSPS) is 14.2. The molecule has 4 rings (SSSR count). The number of halogens is 1. The van der Waals surface area contributed by atoms with Crippen molar-refractivity contribution in [1.82, 2.24) is 15.0 Å². The van der Waals surface area contributed by atoms with Crippen molar-refractivity contribution < 1.29 is 12.8 Å². The van der Waals surface area contributed by atoms with E-state index in [0.717, 1.165) is 42.4 Å². The molecule has 0 amide bonds. The molecule has 1 fully saturated rings. The lowest BCUT2D eigenvalue weighted by molar-refractivity contribution is 0.510. The predicted octanol–water partition coefficient (Wildman–Crippen LogP) is 5.26. The topological polar surface area (TPSA) is 71.1 Å². The van der Waals surface area contributed by atoms with Gasteiger partial charge in [0.25, 0.3) is 0 Å². The van der Waals surface area contributed by atoms with Crippen LogP contribution in [0.5, 0.6) is 0 Å². The Bertz CT molecular complexity index is 1170. The summed E-state index contributed by atoms with van der Waals surface area (Å²) < 4.78 is 40.6. The van der Waals surface area contributed by atoms with Crippen LogP contribution in [-0.2, 0) is 16.6 Å². The predicted molar refractivity (Wildman–Crippen MR) is 134 cm³/mol. The zero-order valence-electron chi connectivity index (χ0n) is 19.1. The van der Waals surface area contributed by atoms with Crippen molar-refractivity contribution in [3.63, 3.8) is 0 Å². The summed E-state index contributed by atoms with van der Waals surface area (Å²) in [6, 6.07) is 19.4. The van der Waals surface area contributed by atoms with Gasteiger partial charge in [0.1, 0.15) is 5.82 Å². The van der Waals surface area contributed by atoms with Crippen LogP contribution in [0.1, 0.15) is 44.1 Å². The van der Waals surface area contributed by atoms with E-state index in [-0.39, 0.29) is 11.9 Å². The Morgan fingerprint density at radius 2 is 1.62 bits per heavy atom. The van der Waals surface area contributed by atoms with Gasteiger partial charge >= 0.3 is 0 Å². The minimum Gasteiger partial charge on any atom is -0.342 e. The molecule has 5 nitrogen and oxygen atoms in total. The average molecular weight is 480 g/mol. The number of hydrogen-bond donors (Lipinski definition) is 2. The number of nitrogens with zero attached hydrogens (tertiary/aromatic N) is 1. The van der Waals surface area contributed by atoms with E-state index in [9.17, 15) is 12.8 Å². The van der Waals surface area contributed by atoms with E-state index in [4.69, 9.17) is 6.42 Å². The van der Waals surface area contributed by atoms with Gasteiger partial charge in [-0.2, -0.15) is 0 Å². The molecular weight excluding hydrogens is 449 g/mol. The number of benzene rings is 2. The van der Waals surface area contributed by atoms with Crippen molar-refractivity contribution in [2.45, 2.75) is 56.0 Å². The van der Waals surface area contributed by atoms with Crippen LogP contribution in [0.3, 0.4) is 0 Å². The maximum atomic E-state index is 12.7. The molecule has 34 heavy (non-hydrogen) atoms. The molecule has 178 valence electrons. The van der Waals surface area contributed by atoms with Gasteiger partial charge in [-0.15, -0.1) is 0 Å². The standard InChI is InChI=1S/C18H22N2O2S.C9H8FN/c21-23(22,20-17-7-3-1-2-4-8-17)18-9-5-6-16(14-18)15-10-12-19-13-11-15;1-2-11-7-8-3-5-9(10)6-4-8/h5-6,9-14,17,20H,1-4,7-8H2;1,3-6,11H,7H2. The van der Waals surface area contributed by atoms with Crippen LogP contribution in [-0.4, -0.2) is 19.4 Å². The Balaban J connectivity index is 0.000000248. The molecule has 0 atom stereocenters. The van der Waals surface area contributed by atoms with Gasteiger partial charge in [0.2, 0.25) is 10.0 Å². The molecule has 0 bridgehead atoms. The van der Waals surface area contributed by atoms with E-state index in [1.807, 2.05) is 18.2 Å². The van der Waals surface area contributed by atoms with Gasteiger partial charge in [-0.25, -0.2) is 17.5 Å². The molecule has 0 saturated heterocycles. The summed E-state index contributed by atoms with van der Waals surface area (Å²) in [5.74, 6) is -0.227. The van der Waals surface area contributed by atoms with Gasteiger partial charge in [0.15, 0.2) is 0 Å². The van der Waals surface area contributed by atoms with E-state index < -0.39 is 10.0 Å². The number of hydrogen-bond acceptors (Lipinski definition) is 4. The van der Waals surface area contributed by atoms with E-state index in [1.165, 1.54) is 25.0 Å². The minimum absolute atomic E-state index is 0.0621. The fraction of sp³-hybridized carbons (Fsp3) is 0.296. The highest BCUT2D eigenvalue weighted by molar-refractivity contribution is 7.89. The van der Waals surface area contributed by atoms with E-state index in [0.29, 0.717) is 11.4 Å². The zero-order chi connectivity index (χ0) is 24.2. The molecule has 1 aromatic heterocycles. The second-order valence-electron chi connectivity index (χ2n) is 8.20. The number of pyridine rings is 1. The van der Waals surface area contributed by atoms with Crippen molar-refractivity contribution in [1.29, 1.82) is 0 Å². The van der Waals surface area contributed by atoms with Gasteiger partial charge in [-0.05, 0) is 65.9 Å². The molecular formula is C27H30FN3O2S. The maximum absolute atomic E-state index is 12.7. The summed E-state index contributed by atoms with van der Waals surface area (Å²) in [6.07, 6.45) is 14.9. The van der Waals surface area contributed by atoms with Crippen molar-refractivity contribution in [2.24, 2.45) is 0 Å². The number of rotatable bonds is 6. The summed E-state index contributed by atoms with van der Waals surface area (Å²) in [6.45, 7) is 0.580. The molecule has 3 aromatic rings.